The van der Waals surface area contributed by atoms with Gasteiger partial charge in [-0.25, -0.2) is 0 Å². The lowest BCUT2D eigenvalue weighted by molar-refractivity contribution is -0.116. The third-order valence-corrected chi connectivity index (χ3v) is 8.86. The van der Waals surface area contributed by atoms with Gasteiger partial charge in [0.1, 0.15) is 0 Å². The van der Waals surface area contributed by atoms with Crippen molar-refractivity contribution in [2.45, 2.75) is 69.1 Å². The fraction of sp³-hybridized carbons (Fsp3) is 0.519. The molecule has 0 bridgehead atoms. The Morgan fingerprint density at radius 3 is 2.97 bits per heavy atom. The third kappa shape index (κ3) is 3.33. The van der Waals surface area contributed by atoms with E-state index >= 15 is 0 Å². The van der Waals surface area contributed by atoms with E-state index in [-0.39, 0.29) is 11.3 Å². The zero-order chi connectivity index (χ0) is 22.6. The first-order chi connectivity index (χ1) is 16.0. The number of nitrogens with zero attached hydrogens (tertiary/aromatic N) is 3. The van der Waals surface area contributed by atoms with Gasteiger partial charge < -0.3 is 5.32 Å². The summed E-state index contributed by atoms with van der Waals surface area (Å²) in [6.07, 6.45) is 11.3. The lowest BCUT2D eigenvalue weighted by atomic mass is 9.53. The molecule has 0 aliphatic heterocycles. The molecule has 0 spiro atoms. The van der Waals surface area contributed by atoms with Gasteiger partial charge in [0.15, 0.2) is 5.82 Å². The molecule has 1 fully saturated rings. The minimum atomic E-state index is 0.0509. The van der Waals surface area contributed by atoms with Gasteiger partial charge in [-0.3, -0.25) is 14.6 Å². The normalized spacial score (nSPS) is 29.6. The number of benzene rings is 1. The first kappa shape index (κ1) is 20.7. The molecule has 3 aliphatic rings. The molecule has 3 aromatic rings. The van der Waals surface area contributed by atoms with Crippen LogP contribution in [0.2, 0.25) is 0 Å². The number of carbonyl (C=O) groups is 1. The fourth-order valence-corrected chi connectivity index (χ4v) is 7.54. The summed E-state index contributed by atoms with van der Waals surface area (Å²) in [6.45, 7) is 2.47. The second-order valence-electron chi connectivity index (χ2n) is 10.6. The first-order valence-electron chi connectivity index (χ1n) is 12.5. The van der Waals surface area contributed by atoms with E-state index in [4.69, 9.17) is 0 Å². The Kier molecular flexibility index (Phi) is 4.93. The van der Waals surface area contributed by atoms with Crippen LogP contribution in [0.25, 0.3) is 0 Å². The molecular formula is C27H33N5O. The van der Waals surface area contributed by atoms with Crippen molar-refractivity contribution in [2.24, 2.45) is 18.9 Å². The number of nitrogens with one attached hydrogen (secondary N) is 2. The van der Waals surface area contributed by atoms with Gasteiger partial charge in [-0.15, -0.1) is 0 Å². The molecule has 6 heteroatoms. The predicted molar refractivity (Wildman–Crippen MR) is 128 cm³/mol. The Hall–Kier alpha value is -2.89. The second kappa shape index (κ2) is 7.86. The number of hydrogen-bond donors (Lipinski definition) is 2. The van der Waals surface area contributed by atoms with E-state index in [1.165, 1.54) is 36.9 Å². The van der Waals surface area contributed by atoms with Crippen molar-refractivity contribution in [1.82, 2.24) is 20.0 Å². The molecule has 2 aromatic heterocycles. The van der Waals surface area contributed by atoms with Crippen LogP contribution in [0.5, 0.6) is 0 Å². The summed E-state index contributed by atoms with van der Waals surface area (Å²) < 4.78 is 1.71. The summed E-state index contributed by atoms with van der Waals surface area (Å²) in [6, 6.07) is 11.0. The molecule has 0 saturated heterocycles. The highest BCUT2D eigenvalue weighted by molar-refractivity contribution is 5.89. The van der Waals surface area contributed by atoms with Crippen molar-refractivity contribution >= 4 is 11.7 Å². The highest BCUT2D eigenvalue weighted by Gasteiger charge is 2.57. The number of aromatic amines is 1. The van der Waals surface area contributed by atoms with Gasteiger partial charge in [0.25, 0.3) is 0 Å². The summed E-state index contributed by atoms with van der Waals surface area (Å²) in [4.78, 5) is 12.5. The number of aryl methyl sites for hydroxylation is 2. The monoisotopic (exact) mass is 443 g/mol. The molecule has 0 radical (unpaired) electrons. The maximum Gasteiger partial charge on any atom is 0.225 e. The largest absolute Gasteiger partial charge is 0.309 e. The summed E-state index contributed by atoms with van der Waals surface area (Å²) in [5.41, 5.74) is 6.10. The van der Waals surface area contributed by atoms with Gasteiger partial charge in [-0.1, -0.05) is 31.2 Å². The molecular weight excluding hydrogens is 410 g/mol. The Balaban J connectivity index is 1.21. The zero-order valence-electron chi connectivity index (χ0n) is 19.6. The molecule has 5 atom stereocenters. The van der Waals surface area contributed by atoms with E-state index in [1.807, 2.05) is 19.3 Å². The number of carbonyl (C=O) groups excluding carboxylic acids is 1. The molecule has 1 amide bonds. The van der Waals surface area contributed by atoms with Crippen molar-refractivity contribution in [1.29, 1.82) is 0 Å². The number of amides is 1. The quantitative estimate of drug-likeness (QED) is 0.578. The van der Waals surface area contributed by atoms with Crippen LogP contribution in [0.1, 0.15) is 79.7 Å². The standard InChI is InChI=1S/C27H33N5O/c1-27-14-12-19-18-7-4-3-6-17(18)10-11-21(19)25(27)20(22-16-28-30-26(22)27)8-5-9-24(33)29-23-13-15-32(2)31-23/h3-4,6-7,13,15-16,19-21,25H,5,8-12,14H2,1-2H3,(H,28,30)(H,29,31,33)/t19?,20-,21?,25?,27+/m1/s1. The Morgan fingerprint density at radius 2 is 2.12 bits per heavy atom. The van der Waals surface area contributed by atoms with E-state index < -0.39 is 0 Å². The Bertz CT molecular complexity index is 1180. The van der Waals surface area contributed by atoms with Crippen LogP contribution in [-0.2, 0) is 23.7 Å². The molecule has 2 heterocycles. The summed E-state index contributed by atoms with van der Waals surface area (Å²) in [7, 11) is 1.86. The molecule has 6 nitrogen and oxygen atoms in total. The van der Waals surface area contributed by atoms with Gasteiger partial charge in [-0.2, -0.15) is 10.2 Å². The van der Waals surface area contributed by atoms with Crippen molar-refractivity contribution < 1.29 is 4.79 Å². The van der Waals surface area contributed by atoms with Crippen molar-refractivity contribution in [3.63, 3.8) is 0 Å². The highest BCUT2D eigenvalue weighted by atomic mass is 16.1. The number of fused-ring (bicyclic) bond motifs is 7. The molecule has 33 heavy (non-hydrogen) atoms. The average molecular weight is 444 g/mol. The van der Waals surface area contributed by atoms with Gasteiger partial charge in [0.2, 0.25) is 5.91 Å². The van der Waals surface area contributed by atoms with Crippen molar-refractivity contribution in [3.05, 3.63) is 65.1 Å². The van der Waals surface area contributed by atoms with Crippen LogP contribution >= 0.6 is 0 Å². The fourth-order valence-electron chi connectivity index (χ4n) is 7.54. The number of rotatable bonds is 5. The average Bonchev–Trinajstić information content (AvgIpc) is 3.51. The molecule has 2 N–H and O–H groups in total. The van der Waals surface area contributed by atoms with Gasteiger partial charge in [0, 0.05) is 36.8 Å². The first-order valence-corrected chi connectivity index (χ1v) is 12.5. The lowest BCUT2D eigenvalue weighted by Gasteiger charge is -2.50. The maximum atomic E-state index is 12.5. The van der Waals surface area contributed by atoms with Crippen LogP contribution in [0.15, 0.2) is 42.7 Å². The molecule has 6 rings (SSSR count). The molecule has 172 valence electrons. The SMILES string of the molecule is Cn1ccc(NC(=O)CCC[C@@H]2c3cn[nH]c3[C@@]3(C)CCC4c5ccccc5CCC4C23)n1. The van der Waals surface area contributed by atoms with Crippen molar-refractivity contribution in [2.75, 3.05) is 5.32 Å². The predicted octanol–water partition coefficient (Wildman–Crippen LogP) is 5.06. The third-order valence-electron chi connectivity index (χ3n) is 8.86. The van der Waals surface area contributed by atoms with E-state index in [9.17, 15) is 4.79 Å². The van der Waals surface area contributed by atoms with Crippen LogP contribution in [0.4, 0.5) is 5.82 Å². The topological polar surface area (TPSA) is 75.6 Å². The zero-order valence-corrected chi connectivity index (χ0v) is 19.6. The number of anilines is 1. The summed E-state index contributed by atoms with van der Waals surface area (Å²) in [5.74, 6) is 3.14. The smallest absolute Gasteiger partial charge is 0.225 e. The van der Waals surface area contributed by atoms with E-state index in [1.54, 1.807) is 15.8 Å². The molecule has 1 saturated carbocycles. The summed E-state index contributed by atoms with van der Waals surface area (Å²) >= 11 is 0. The van der Waals surface area contributed by atoms with E-state index in [0.29, 0.717) is 35.9 Å². The Labute approximate surface area is 195 Å². The molecule has 3 unspecified atom stereocenters. The van der Waals surface area contributed by atoms with Crippen LogP contribution in [0.3, 0.4) is 0 Å². The lowest BCUT2D eigenvalue weighted by Crippen LogP contribution is -2.44. The van der Waals surface area contributed by atoms with Crippen LogP contribution in [-0.4, -0.2) is 25.9 Å². The van der Waals surface area contributed by atoms with E-state index in [0.717, 1.165) is 12.8 Å². The van der Waals surface area contributed by atoms with Crippen LogP contribution < -0.4 is 5.32 Å². The molecule has 1 aromatic carbocycles. The van der Waals surface area contributed by atoms with Gasteiger partial charge in [-0.05, 0) is 78.9 Å². The van der Waals surface area contributed by atoms with Gasteiger partial charge in [0.05, 0.1) is 6.20 Å². The highest BCUT2D eigenvalue weighted by Crippen LogP contribution is 2.64. The van der Waals surface area contributed by atoms with Gasteiger partial charge >= 0.3 is 0 Å². The minimum absolute atomic E-state index is 0.0509. The molecule has 3 aliphatic carbocycles. The Morgan fingerprint density at radius 1 is 1.24 bits per heavy atom. The number of H-pyrrole nitrogens is 1. The maximum absolute atomic E-state index is 12.5. The number of hydrogen-bond acceptors (Lipinski definition) is 3. The minimum Gasteiger partial charge on any atom is -0.309 e. The number of aromatic nitrogens is 4. The van der Waals surface area contributed by atoms with Crippen LogP contribution in [0, 0.1) is 11.8 Å². The van der Waals surface area contributed by atoms with Crippen molar-refractivity contribution in [3.8, 4) is 0 Å². The van der Waals surface area contributed by atoms with E-state index in [2.05, 4.69) is 58.0 Å². The summed E-state index contributed by atoms with van der Waals surface area (Å²) in [5, 5.41) is 15.0. The second-order valence-corrected chi connectivity index (χ2v) is 10.6.